The van der Waals surface area contributed by atoms with Gasteiger partial charge in [-0.2, -0.15) is 0 Å². The van der Waals surface area contributed by atoms with Gasteiger partial charge in [0.05, 0.1) is 30.8 Å². The Morgan fingerprint density at radius 3 is 2.59 bits per heavy atom. The van der Waals surface area contributed by atoms with E-state index in [1.807, 2.05) is 43.9 Å². The quantitative estimate of drug-likeness (QED) is 0.572. The van der Waals surface area contributed by atoms with E-state index >= 15 is 0 Å². The molecule has 0 bridgehead atoms. The molecule has 0 radical (unpaired) electrons. The molecule has 2 aromatic rings. The number of hydrogen-bond donors (Lipinski definition) is 1. The Morgan fingerprint density at radius 2 is 2.00 bits per heavy atom. The lowest BCUT2D eigenvalue weighted by molar-refractivity contribution is 0.182. The average molecular weight is 439 g/mol. The van der Waals surface area contributed by atoms with Crippen LogP contribution in [0.5, 0.6) is 0 Å². The second-order valence-electron chi connectivity index (χ2n) is 7.04. The first-order valence-electron chi connectivity index (χ1n) is 9.64. The van der Waals surface area contributed by atoms with Crippen molar-refractivity contribution in [2.75, 3.05) is 20.3 Å². The lowest BCUT2D eigenvalue weighted by atomic mass is 10.2. The second-order valence-corrected chi connectivity index (χ2v) is 9.31. The number of hydrogen-bond acceptors (Lipinski definition) is 5. The Morgan fingerprint density at radius 1 is 1.31 bits per heavy atom. The van der Waals surface area contributed by atoms with Crippen molar-refractivity contribution in [1.29, 1.82) is 0 Å². The number of ether oxygens (including phenoxy) is 1. The van der Waals surface area contributed by atoms with Crippen molar-refractivity contribution in [2.24, 2.45) is 0 Å². The van der Waals surface area contributed by atoms with Gasteiger partial charge in [0, 0.05) is 26.2 Å². The van der Waals surface area contributed by atoms with E-state index in [-0.39, 0.29) is 17.0 Å². The topological polar surface area (TPSA) is 76.5 Å². The van der Waals surface area contributed by atoms with E-state index in [1.165, 1.54) is 0 Å². The van der Waals surface area contributed by atoms with Crippen LogP contribution >= 0.6 is 12.2 Å². The van der Waals surface area contributed by atoms with Crippen molar-refractivity contribution < 1.29 is 13.2 Å². The summed E-state index contributed by atoms with van der Waals surface area (Å²) in [6.07, 6.45) is 1.62. The van der Waals surface area contributed by atoms with E-state index in [1.54, 1.807) is 30.0 Å². The third-order valence-corrected chi connectivity index (χ3v) is 6.30. The molecule has 0 atom stereocenters. The van der Waals surface area contributed by atoms with Crippen LogP contribution in [0, 0.1) is 0 Å². The number of imidazole rings is 1. The number of rotatable bonds is 10. The molecule has 0 saturated carbocycles. The molecule has 0 aliphatic heterocycles. The zero-order valence-corrected chi connectivity index (χ0v) is 19.1. The maximum atomic E-state index is 13.1. The molecule has 7 nitrogen and oxygen atoms in total. The standard InChI is InChI=1S/C20H30N4O3S2/c1-5-23(19(28)22-16(2)3)14-18-13-21-20(24(18)11-12-27-4)29(25,26)15-17-9-7-6-8-10-17/h6-10,13,16H,5,11-12,14-15H2,1-4H3,(H,22,28). The van der Waals surface area contributed by atoms with Gasteiger partial charge in [0.2, 0.25) is 15.0 Å². The Kier molecular flexibility index (Phi) is 8.60. The summed E-state index contributed by atoms with van der Waals surface area (Å²) < 4.78 is 33.0. The molecule has 160 valence electrons. The van der Waals surface area contributed by atoms with Crippen molar-refractivity contribution in [3.8, 4) is 0 Å². The van der Waals surface area contributed by atoms with Crippen molar-refractivity contribution in [3.05, 3.63) is 47.8 Å². The fourth-order valence-corrected chi connectivity index (χ4v) is 4.85. The van der Waals surface area contributed by atoms with Gasteiger partial charge in [0.25, 0.3) is 0 Å². The fraction of sp³-hybridized carbons (Fsp3) is 0.500. The summed E-state index contributed by atoms with van der Waals surface area (Å²) in [4.78, 5) is 6.26. The molecule has 1 N–H and O–H groups in total. The molecule has 0 saturated heterocycles. The number of nitrogens with zero attached hydrogens (tertiary/aromatic N) is 3. The molecule has 9 heteroatoms. The summed E-state index contributed by atoms with van der Waals surface area (Å²) >= 11 is 5.49. The molecule has 1 aromatic heterocycles. The van der Waals surface area contributed by atoms with Crippen LogP contribution in [-0.4, -0.2) is 54.3 Å². The van der Waals surface area contributed by atoms with Gasteiger partial charge in [-0.25, -0.2) is 13.4 Å². The number of nitrogens with one attached hydrogen (secondary N) is 1. The Bertz CT molecular complexity index is 896. The predicted octanol–water partition coefficient (Wildman–Crippen LogP) is 2.61. The lowest BCUT2D eigenvalue weighted by Gasteiger charge is -2.26. The van der Waals surface area contributed by atoms with E-state index in [4.69, 9.17) is 17.0 Å². The molecule has 1 aromatic carbocycles. The maximum Gasteiger partial charge on any atom is 0.228 e. The highest BCUT2D eigenvalue weighted by Crippen LogP contribution is 2.19. The maximum absolute atomic E-state index is 13.1. The first-order valence-corrected chi connectivity index (χ1v) is 11.7. The normalized spacial score (nSPS) is 11.6. The van der Waals surface area contributed by atoms with Crippen molar-refractivity contribution in [3.63, 3.8) is 0 Å². The summed E-state index contributed by atoms with van der Waals surface area (Å²) in [5.74, 6) is -0.0952. The monoisotopic (exact) mass is 438 g/mol. The van der Waals surface area contributed by atoms with Gasteiger partial charge in [-0.15, -0.1) is 0 Å². The van der Waals surface area contributed by atoms with E-state index in [0.717, 1.165) is 11.3 Å². The number of benzene rings is 1. The number of methoxy groups -OCH3 is 1. The van der Waals surface area contributed by atoms with Gasteiger partial charge in [0.1, 0.15) is 0 Å². The molecular formula is C20H30N4O3S2. The Labute approximate surface area is 179 Å². The molecule has 0 fully saturated rings. The minimum absolute atomic E-state index is 0.0622. The highest BCUT2D eigenvalue weighted by Gasteiger charge is 2.25. The van der Waals surface area contributed by atoms with Gasteiger partial charge in [0.15, 0.2) is 5.11 Å². The first kappa shape index (κ1) is 23.3. The van der Waals surface area contributed by atoms with E-state index in [0.29, 0.717) is 31.4 Å². The minimum atomic E-state index is -3.61. The van der Waals surface area contributed by atoms with Gasteiger partial charge in [-0.3, -0.25) is 0 Å². The molecule has 0 aliphatic carbocycles. The van der Waals surface area contributed by atoms with Gasteiger partial charge in [-0.05, 0) is 38.6 Å². The minimum Gasteiger partial charge on any atom is -0.383 e. The molecule has 0 spiro atoms. The molecule has 0 amide bonds. The first-order chi connectivity index (χ1) is 13.8. The molecule has 1 heterocycles. The molecule has 2 rings (SSSR count). The van der Waals surface area contributed by atoms with Crippen LogP contribution in [0.15, 0.2) is 41.7 Å². The third kappa shape index (κ3) is 6.52. The van der Waals surface area contributed by atoms with Crippen LogP contribution in [0.1, 0.15) is 32.0 Å². The van der Waals surface area contributed by atoms with E-state index < -0.39 is 9.84 Å². The van der Waals surface area contributed by atoms with Crippen molar-refractivity contribution >= 4 is 27.2 Å². The Balaban J connectivity index is 2.32. The largest absolute Gasteiger partial charge is 0.383 e. The number of thiocarbonyl (C=S) groups is 1. The van der Waals surface area contributed by atoms with Crippen LogP contribution in [-0.2, 0) is 33.4 Å². The smallest absolute Gasteiger partial charge is 0.228 e. The molecule has 0 unspecified atom stereocenters. The fourth-order valence-electron chi connectivity index (χ4n) is 2.91. The molecule has 0 aliphatic rings. The van der Waals surface area contributed by atoms with Gasteiger partial charge in [-0.1, -0.05) is 30.3 Å². The SMILES string of the molecule is CCN(Cc1cnc(S(=O)(=O)Cc2ccccc2)n1CCOC)C(=S)NC(C)C. The van der Waals surface area contributed by atoms with Gasteiger partial charge >= 0.3 is 0 Å². The zero-order chi connectivity index (χ0) is 21.4. The Hall–Kier alpha value is -1.97. The molecule has 29 heavy (non-hydrogen) atoms. The predicted molar refractivity (Wildman–Crippen MR) is 118 cm³/mol. The summed E-state index contributed by atoms with van der Waals surface area (Å²) in [6.45, 7) is 8.01. The van der Waals surface area contributed by atoms with Gasteiger partial charge < -0.3 is 19.5 Å². The van der Waals surface area contributed by atoms with Crippen LogP contribution in [0.4, 0.5) is 0 Å². The summed E-state index contributed by atoms with van der Waals surface area (Å²) in [5, 5.41) is 3.93. The van der Waals surface area contributed by atoms with Crippen LogP contribution in [0.2, 0.25) is 0 Å². The lowest BCUT2D eigenvalue weighted by Crippen LogP contribution is -2.42. The highest BCUT2D eigenvalue weighted by atomic mass is 32.2. The van der Waals surface area contributed by atoms with Crippen molar-refractivity contribution in [2.45, 2.75) is 50.8 Å². The number of aromatic nitrogens is 2. The van der Waals surface area contributed by atoms with Crippen LogP contribution in [0.3, 0.4) is 0 Å². The zero-order valence-electron chi connectivity index (χ0n) is 17.5. The van der Waals surface area contributed by atoms with E-state index in [9.17, 15) is 8.42 Å². The number of sulfone groups is 1. The molecular weight excluding hydrogens is 408 g/mol. The summed E-state index contributed by atoms with van der Waals surface area (Å²) in [6, 6.07) is 9.34. The second kappa shape index (κ2) is 10.7. The highest BCUT2D eigenvalue weighted by molar-refractivity contribution is 7.90. The third-order valence-electron chi connectivity index (χ3n) is 4.33. The summed E-state index contributed by atoms with van der Waals surface area (Å²) in [5.41, 5.74) is 1.51. The van der Waals surface area contributed by atoms with Crippen LogP contribution in [0.25, 0.3) is 0 Å². The van der Waals surface area contributed by atoms with Crippen molar-refractivity contribution in [1.82, 2.24) is 19.8 Å². The summed E-state index contributed by atoms with van der Waals surface area (Å²) in [7, 11) is -2.01. The van der Waals surface area contributed by atoms with E-state index in [2.05, 4.69) is 10.3 Å². The van der Waals surface area contributed by atoms with Crippen LogP contribution < -0.4 is 5.32 Å². The average Bonchev–Trinajstić information content (AvgIpc) is 3.07.